The summed E-state index contributed by atoms with van der Waals surface area (Å²) in [5, 5.41) is 1.72. The van der Waals surface area contributed by atoms with Crippen LogP contribution in [0.4, 0.5) is 21.2 Å². The lowest BCUT2D eigenvalue weighted by Gasteiger charge is -2.32. The molecule has 1 aromatic carbocycles. The number of ether oxygens (including phenoxy) is 2. The summed E-state index contributed by atoms with van der Waals surface area (Å²) >= 11 is 7.69. The van der Waals surface area contributed by atoms with Gasteiger partial charge in [0.1, 0.15) is 21.2 Å². The quantitative estimate of drug-likeness (QED) is 0.207. The predicted octanol–water partition coefficient (Wildman–Crippen LogP) is 6.83. The van der Waals surface area contributed by atoms with Crippen LogP contribution in [0.25, 0.3) is 32.4 Å². The van der Waals surface area contributed by atoms with Gasteiger partial charge >= 0.3 is 12.2 Å². The summed E-state index contributed by atoms with van der Waals surface area (Å²) in [7, 11) is 2.09. The number of thiophene rings is 1. The van der Waals surface area contributed by atoms with Crippen LogP contribution < -0.4 is 9.80 Å². The molecule has 12 nitrogen and oxygen atoms in total. The highest BCUT2D eigenvalue weighted by molar-refractivity contribution is 7.21. The normalized spacial score (nSPS) is 17.9. The van der Waals surface area contributed by atoms with Gasteiger partial charge in [0.15, 0.2) is 0 Å². The van der Waals surface area contributed by atoms with Crippen LogP contribution in [0.15, 0.2) is 30.3 Å². The van der Waals surface area contributed by atoms with Gasteiger partial charge in [-0.05, 0) is 79.8 Å². The molecular weight excluding hydrogens is 654 g/mol. The second kappa shape index (κ2) is 12.4. The lowest BCUT2D eigenvalue weighted by molar-refractivity contribution is 0.0182. The largest absolute Gasteiger partial charge is 0.443 e. The van der Waals surface area contributed by atoms with Crippen molar-refractivity contribution in [2.45, 2.75) is 65.7 Å². The minimum Gasteiger partial charge on any atom is -0.443 e. The van der Waals surface area contributed by atoms with E-state index in [9.17, 15) is 14.4 Å². The van der Waals surface area contributed by atoms with Gasteiger partial charge in [0, 0.05) is 47.7 Å². The van der Waals surface area contributed by atoms with Crippen molar-refractivity contribution in [3.8, 4) is 11.4 Å². The third-order valence-electron chi connectivity index (χ3n) is 8.00. The van der Waals surface area contributed by atoms with Crippen LogP contribution in [0, 0.1) is 0 Å². The number of aromatic nitrogens is 3. The molecule has 0 spiro atoms. The minimum atomic E-state index is -0.823. The Morgan fingerprint density at radius 2 is 1.56 bits per heavy atom. The first-order valence-corrected chi connectivity index (χ1v) is 17.1. The van der Waals surface area contributed by atoms with Gasteiger partial charge < -0.3 is 19.3 Å². The SMILES string of the molecule is C[C@@H]1CN(C(=O)OC(C)(C)C)c2c(sc3ccc4nc(-c5cc(Cl)nc(N6CCN(C)CC6)n5)ccc4c23)C(=O)N1C(=O)OC(C)(C)C. The fourth-order valence-electron chi connectivity index (χ4n) is 5.82. The van der Waals surface area contributed by atoms with Crippen molar-refractivity contribution in [2.24, 2.45) is 0 Å². The Morgan fingerprint density at radius 3 is 2.23 bits per heavy atom. The molecule has 254 valence electrons. The van der Waals surface area contributed by atoms with Crippen LogP contribution in [0.2, 0.25) is 5.15 Å². The first kappa shape index (κ1) is 33.8. The van der Waals surface area contributed by atoms with Gasteiger partial charge in [-0.3, -0.25) is 9.69 Å². The number of anilines is 2. The zero-order chi connectivity index (χ0) is 34.7. The van der Waals surface area contributed by atoms with E-state index in [4.69, 9.17) is 31.0 Å². The summed E-state index contributed by atoms with van der Waals surface area (Å²) in [6.45, 7) is 15.7. The number of carbonyl (C=O) groups excluding carboxylic acids is 3. The molecule has 48 heavy (non-hydrogen) atoms. The molecule has 0 radical (unpaired) electrons. The molecule has 0 unspecified atom stereocenters. The molecule has 14 heteroatoms. The molecular formula is C34H40ClN7O5S. The van der Waals surface area contributed by atoms with Crippen LogP contribution in [-0.4, -0.2) is 99.9 Å². The van der Waals surface area contributed by atoms with Crippen LogP contribution in [0.1, 0.15) is 58.1 Å². The van der Waals surface area contributed by atoms with E-state index < -0.39 is 35.3 Å². The van der Waals surface area contributed by atoms with E-state index in [1.54, 1.807) is 54.5 Å². The van der Waals surface area contributed by atoms with Crippen molar-refractivity contribution in [2.75, 3.05) is 49.6 Å². The molecule has 2 aliphatic rings. The number of likely N-dealkylation sites (N-methyl/N-ethyl adjacent to an activating group) is 1. The van der Waals surface area contributed by atoms with E-state index in [2.05, 4.69) is 21.8 Å². The summed E-state index contributed by atoms with van der Waals surface area (Å²) < 4.78 is 12.2. The summed E-state index contributed by atoms with van der Waals surface area (Å²) in [4.78, 5) is 62.8. The smallest absolute Gasteiger partial charge is 0.417 e. The number of hydrogen-bond donors (Lipinski definition) is 0. The van der Waals surface area contributed by atoms with E-state index in [1.165, 1.54) is 16.2 Å². The zero-order valence-corrected chi connectivity index (χ0v) is 30.0. The molecule has 1 atom stereocenters. The van der Waals surface area contributed by atoms with Gasteiger partial charge in [-0.1, -0.05) is 11.6 Å². The van der Waals surface area contributed by atoms with Crippen molar-refractivity contribution >= 4 is 73.7 Å². The maximum Gasteiger partial charge on any atom is 0.417 e. The molecule has 3 aromatic heterocycles. The second-order valence-electron chi connectivity index (χ2n) is 14.2. The Hall–Kier alpha value is -4.07. The molecule has 0 bridgehead atoms. The minimum absolute atomic E-state index is 0.00906. The van der Waals surface area contributed by atoms with Gasteiger partial charge in [-0.2, -0.15) is 0 Å². The third kappa shape index (κ3) is 6.76. The van der Waals surface area contributed by atoms with Gasteiger partial charge in [0.25, 0.3) is 5.91 Å². The molecule has 4 aromatic rings. The van der Waals surface area contributed by atoms with Crippen molar-refractivity contribution in [1.82, 2.24) is 24.8 Å². The fraction of sp³-hybridized carbons (Fsp3) is 0.471. The van der Waals surface area contributed by atoms with Crippen molar-refractivity contribution in [1.29, 1.82) is 0 Å². The topological polar surface area (TPSA) is 121 Å². The number of hydrogen-bond acceptors (Lipinski definition) is 11. The van der Waals surface area contributed by atoms with Gasteiger partial charge in [-0.25, -0.2) is 29.4 Å². The van der Waals surface area contributed by atoms with Crippen molar-refractivity contribution in [3.63, 3.8) is 0 Å². The molecule has 5 heterocycles. The highest BCUT2D eigenvalue weighted by atomic mass is 35.5. The maximum absolute atomic E-state index is 14.2. The van der Waals surface area contributed by atoms with E-state index in [-0.39, 0.29) is 11.4 Å². The number of rotatable bonds is 2. The van der Waals surface area contributed by atoms with Crippen molar-refractivity contribution < 1.29 is 23.9 Å². The maximum atomic E-state index is 14.2. The van der Waals surface area contributed by atoms with E-state index in [0.29, 0.717) is 39.1 Å². The number of imide groups is 1. The first-order chi connectivity index (χ1) is 22.5. The number of amides is 3. The van der Waals surface area contributed by atoms with Gasteiger partial charge in [0.2, 0.25) is 5.95 Å². The Kier molecular flexibility index (Phi) is 8.76. The summed E-state index contributed by atoms with van der Waals surface area (Å²) in [6, 6.07) is 8.50. The Morgan fingerprint density at radius 1 is 0.896 bits per heavy atom. The predicted molar refractivity (Wildman–Crippen MR) is 188 cm³/mol. The van der Waals surface area contributed by atoms with Crippen LogP contribution in [0.3, 0.4) is 0 Å². The number of pyridine rings is 1. The van der Waals surface area contributed by atoms with Gasteiger partial charge in [0.05, 0.1) is 35.2 Å². The monoisotopic (exact) mass is 693 g/mol. The molecule has 1 fully saturated rings. The molecule has 0 N–H and O–H groups in total. The average molecular weight is 694 g/mol. The van der Waals surface area contributed by atoms with E-state index in [0.717, 1.165) is 41.2 Å². The molecule has 0 aliphatic carbocycles. The Balaban J connectivity index is 1.48. The number of halogens is 1. The number of benzene rings is 1. The van der Waals surface area contributed by atoms with Crippen LogP contribution in [0.5, 0.6) is 0 Å². The average Bonchev–Trinajstić information content (AvgIpc) is 3.33. The van der Waals surface area contributed by atoms with Gasteiger partial charge in [-0.15, -0.1) is 11.3 Å². The Labute approximate surface area is 288 Å². The zero-order valence-electron chi connectivity index (χ0n) is 28.5. The number of carbonyl (C=O) groups is 3. The van der Waals surface area contributed by atoms with Crippen LogP contribution >= 0.6 is 22.9 Å². The van der Waals surface area contributed by atoms with Crippen LogP contribution in [-0.2, 0) is 9.47 Å². The Bertz CT molecular complexity index is 1930. The summed E-state index contributed by atoms with van der Waals surface area (Å²) in [5.74, 6) is 0.0186. The lowest BCUT2D eigenvalue weighted by Crippen LogP contribution is -2.49. The molecule has 0 saturated carbocycles. The second-order valence-corrected chi connectivity index (χ2v) is 15.7. The van der Waals surface area contributed by atoms with E-state index in [1.807, 2.05) is 24.3 Å². The third-order valence-corrected chi connectivity index (χ3v) is 9.33. The number of fused-ring (bicyclic) bond motifs is 5. The fourth-order valence-corrected chi connectivity index (χ4v) is 7.16. The number of piperazine rings is 1. The summed E-state index contributed by atoms with van der Waals surface area (Å²) in [6.07, 6.45) is -1.40. The molecule has 2 aliphatic heterocycles. The highest BCUT2D eigenvalue weighted by Gasteiger charge is 2.42. The number of nitrogens with zero attached hydrogens (tertiary/aromatic N) is 7. The lowest BCUT2D eigenvalue weighted by atomic mass is 10.1. The first-order valence-electron chi connectivity index (χ1n) is 15.9. The molecule has 3 amide bonds. The van der Waals surface area contributed by atoms with E-state index >= 15 is 0 Å². The molecule has 1 saturated heterocycles. The molecule has 6 rings (SSSR count). The standard InChI is InChI=1S/C34H40ClN7O5S/c1-19-18-41(31(44)46-33(2,3)4)27-26-20-9-10-22(23-17-25(35)38-30(37-23)40-15-13-39(8)14-16-40)36-21(20)11-12-24(26)48-28(27)29(43)42(19)32(45)47-34(5,6)7/h9-12,17,19H,13-16,18H2,1-8H3/t19-/m1/s1. The highest BCUT2D eigenvalue weighted by Crippen LogP contribution is 2.45. The summed E-state index contributed by atoms with van der Waals surface area (Å²) in [5.41, 5.74) is 0.586. The van der Waals surface area contributed by atoms with Crippen molar-refractivity contribution in [3.05, 3.63) is 40.4 Å².